The molecule has 1 unspecified atom stereocenters. The molecule has 21 heavy (non-hydrogen) atoms. The van der Waals surface area contributed by atoms with Gasteiger partial charge < -0.3 is 15.3 Å². The zero-order chi connectivity index (χ0) is 16.3. The highest BCUT2D eigenvalue weighted by atomic mass is 16.4. The first-order valence-electron chi connectivity index (χ1n) is 7.79. The summed E-state index contributed by atoms with van der Waals surface area (Å²) in [5, 5.41) is 11.7. The first kappa shape index (κ1) is 19.5. The molecule has 0 fully saturated rings. The van der Waals surface area contributed by atoms with Crippen molar-refractivity contribution in [3.63, 3.8) is 0 Å². The smallest absolute Gasteiger partial charge is 0.317 e. The molecule has 0 aliphatic carbocycles. The molecule has 0 aromatic heterocycles. The van der Waals surface area contributed by atoms with Gasteiger partial charge >= 0.3 is 12.0 Å². The molecular formula is C16H30N2O3. The van der Waals surface area contributed by atoms with Crippen LogP contribution in [-0.2, 0) is 4.79 Å². The summed E-state index contributed by atoms with van der Waals surface area (Å²) in [6.07, 6.45) is 3.76. The molecule has 0 radical (unpaired) electrons. The maximum Gasteiger partial charge on any atom is 0.317 e. The number of nitrogens with zero attached hydrogens (tertiary/aromatic N) is 1. The predicted octanol–water partition coefficient (Wildman–Crippen LogP) is 3.27. The molecule has 5 heteroatoms. The molecule has 0 aliphatic rings. The Bertz CT molecular complexity index is 342. The van der Waals surface area contributed by atoms with Crippen LogP contribution in [0.15, 0.2) is 12.2 Å². The van der Waals surface area contributed by atoms with Gasteiger partial charge in [0, 0.05) is 26.1 Å². The molecule has 0 saturated carbocycles. The lowest BCUT2D eigenvalue weighted by Crippen LogP contribution is -2.41. The maximum absolute atomic E-state index is 12.0. The van der Waals surface area contributed by atoms with Crippen molar-refractivity contribution in [1.82, 2.24) is 10.2 Å². The van der Waals surface area contributed by atoms with E-state index in [0.717, 1.165) is 24.8 Å². The minimum Gasteiger partial charge on any atom is -0.481 e. The summed E-state index contributed by atoms with van der Waals surface area (Å²) in [5.74, 6) is -0.388. The Morgan fingerprint density at radius 2 is 1.90 bits per heavy atom. The molecule has 0 heterocycles. The third-order valence-electron chi connectivity index (χ3n) is 3.42. The fourth-order valence-electron chi connectivity index (χ4n) is 2.32. The largest absolute Gasteiger partial charge is 0.481 e. The molecule has 1 atom stereocenters. The molecule has 0 bridgehead atoms. The third-order valence-corrected chi connectivity index (χ3v) is 3.42. The first-order valence-corrected chi connectivity index (χ1v) is 7.79. The Kier molecular flexibility index (Phi) is 10.4. The number of carbonyl (C=O) groups excluding carboxylic acids is 1. The summed E-state index contributed by atoms with van der Waals surface area (Å²) < 4.78 is 0. The molecule has 5 nitrogen and oxygen atoms in total. The number of carbonyl (C=O) groups is 2. The zero-order valence-corrected chi connectivity index (χ0v) is 13.7. The molecule has 0 aromatic rings. The minimum absolute atomic E-state index is 0.0750. The van der Waals surface area contributed by atoms with E-state index in [9.17, 15) is 9.59 Å². The van der Waals surface area contributed by atoms with Gasteiger partial charge in [0.05, 0.1) is 0 Å². The van der Waals surface area contributed by atoms with E-state index in [1.54, 1.807) is 4.90 Å². The van der Waals surface area contributed by atoms with Crippen molar-refractivity contribution in [3.05, 3.63) is 12.2 Å². The van der Waals surface area contributed by atoms with Gasteiger partial charge in [0.2, 0.25) is 0 Å². The van der Waals surface area contributed by atoms with E-state index >= 15 is 0 Å². The summed E-state index contributed by atoms with van der Waals surface area (Å²) in [4.78, 5) is 24.3. The summed E-state index contributed by atoms with van der Waals surface area (Å²) in [5.41, 5.74) is 0.956. The number of carboxylic acid groups (broad SMARTS) is 1. The summed E-state index contributed by atoms with van der Waals surface area (Å²) in [6, 6.07) is -0.0750. The Morgan fingerprint density at radius 3 is 2.38 bits per heavy atom. The topological polar surface area (TPSA) is 69.6 Å². The van der Waals surface area contributed by atoms with Crippen LogP contribution in [0.25, 0.3) is 0 Å². The molecule has 0 aromatic carbocycles. The number of urea groups is 1. The van der Waals surface area contributed by atoms with E-state index in [4.69, 9.17) is 5.11 Å². The van der Waals surface area contributed by atoms with Gasteiger partial charge in [-0.15, -0.1) is 0 Å². The Hall–Kier alpha value is -1.52. The average Bonchev–Trinajstić information content (AvgIpc) is 2.41. The standard InChI is InChI=1S/C16H30N2O3/c1-5-7-14(8-9-15(19)20)10-11-17-16(21)18(6-2)12-13(3)4/h14H,3,5-12H2,1-2,4H3,(H,17,21)(H,19,20). The second-order valence-electron chi connectivity index (χ2n) is 5.58. The molecule has 0 aliphatic heterocycles. The van der Waals surface area contributed by atoms with Crippen molar-refractivity contribution < 1.29 is 14.7 Å². The van der Waals surface area contributed by atoms with Gasteiger partial charge in [-0.25, -0.2) is 4.79 Å². The van der Waals surface area contributed by atoms with Crippen LogP contribution in [0.3, 0.4) is 0 Å². The van der Waals surface area contributed by atoms with Gasteiger partial charge in [-0.1, -0.05) is 31.9 Å². The fraction of sp³-hybridized carbons (Fsp3) is 0.750. The molecule has 2 amide bonds. The van der Waals surface area contributed by atoms with Crippen LogP contribution >= 0.6 is 0 Å². The highest BCUT2D eigenvalue weighted by molar-refractivity contribution is 5.74. The molecule has 0 saturated heterocycles. The molecule has 2 N–H and O–H groups in total. The van der Waals surface area contributed by atoms with Gasteiger partial charge in [0.1, 0.15) is 0 Å². The number of hydrogen-bond acceptors (Lipinski definition) is 2. The van der Waals surface area contributed by atoms with E-state index in [2.05, 4.69) is 18.8 Å². The second kappa shape index (κ2) is 11.2. The van der Waals surface area contributed by atoms with Crippen LogP contribution in [0.2, 0.25) is 0 Å². The number of likely N-dealkylation sites (N-methyl/N-ethyl adjacent to an activating group) is 1. The van der Waals surface area contributed by atoms with Crippen LogP contribution in [0.4, 0.5) is 4.79 Å². The van der Waals surface area contributed by atoms with Crippen molar-refractivity contribution in [2.75, 3.05) is 19.6 Å². The van der Waals surface area contributed by atoms with Gasteiger partial charge in [0.15, 0.2) is 0 Å². The number of aliphatic carboxylic acids is 1. The van der Waals surface area contributed by atoms with Crippen LogP contribution in [0, 0.1) is 5.92 Å². The SMILES string of the molecule is C=C(C)CN(CC)C(=O)NCCC(CCC)CCC(=O)O. The number of amides is 2. The third kappa shape index (κ3) is 9.93. The van der Waals surface area contributed by atoms with Crippen LogP contribution in [-0.4, -0.2) is 41.6 Å². The lowest BCUT2D eigenvalue weighted by Gasteiger charge is -2.22. The van der Waals surface area contributed by atoms with E-state index in [1.165, 1.54) is 0 Å². The van der Waals surface area contributed by atoms with E-state index in [0.29, 0.717) is 32.0 Å². The Balaban J connectivity index is 4.13. The van der Waals surface area contributed by atoms with Gasteiger partial charge in [0.25, 0.3) is 0 Å². The number of carboxylic acids is 1. The van der Waals surface area contributed by atoms with Crippen LogP contribution in [0.1, 0.15) is 52.9 Å². The monoisotopic (exact) mass is 298 g/mol. The zero-order valence-electron chi connectivity index (χ0n) is 13.7. The van der Waals surface area contributed by atoms with Crippen molar-refractivity contribution in [2.24, 2.45) is 5.92 Å². The molecule has 0 spiro atoms. The van der Waals surface area contributed by atoms with E-state index in [1.807, 2.05) is 13.8 Å². The Labute approximate surface area is 128 Å². The summed E-state index contributed by atoms with van der Waals surface area (Å²) >= 11 is 0. The van der Waals surface area contributed by atoms with Crippen molar-refractivity contribution in [3.8, 4) is 0 Å². The fourth-order valence-corrected chi connectivity index (χ4v) is 2.32. The van der Waals surface area contributed by atoms with Crippen molar-refractivity contribution >= 4 is 12.0 Å². The highest BCUT2D eigenvalue weighted by Gasteiger charge is 2.13. The minimum atomic E-state index is -0.751. The summed E-state index contributed by atoms with van der Waals surface area (Å²) in [6.45, 7) is 11.6. The first-order chi connectivity index (χ1) is 9.90. The Morgan fingerprint density at radius 1 is 1.24 bits per heavy atom. The molecule has 0 rings (SSSR count). The predicted molar refractivity (Wildman–Crippen MR) is 85.3 cm³/mol. The normalized spacial score (nSPS) is 11.8. The summed E-state index contributed by atoms with van der Waals surface area (Å²) in [7, 11) is 0. The number of hydrogen-bond donors (Lipinski definition) is 2. The molecule has 122 valence electrons. The number of rotatable bonds is 11. The van der Waals surface area contributed by atoms with Gasteiger partial charge in [-0.05, 0) is 32.6 Å². The highest BCUT2D eigenvalue weighted by Crippen LogP contribution is 2.17. The van der Waals surface area contributed by atoms with Crippen molar-refractivity contribution in [1.29, 1.82) is 0 Å². The lowest BCUT2D eigenvalue weighted by atomic mass is 9.94. The quantitative estimate of drug-likeness (QED) is 0.575. The number of nitrogens with one attached hydrogen (secondary N) is 1. The van der Waals surface area contributed by atoms with Crippen LogP contribution < -0.4 is 5.32 Å². The van der Waals surface area contributed by atoms with Crippen LogP contribution in [0.5, 0.6) is 0 Å². The van der Waals surface area contributed by atoms with Gasteiger partial charge in [-0.3, -0.25) is 4.79 Å². The molecular weight excluding hydrogens is 268 g/mol. The second-order valence-corrected chi connectivity index (χ2v) is 5.58. The lowest BCUT2D eigenvalue weighted by molar-refractivity contribution is -0.137. The van der Waals surface area contributed by atoms with E-state index < -0.39 is 5.97 Å². The maximum atomic E-state index is 12.0. The van der Waals surface area contributed by atoms with Gasteiger partial charge in [-0.2, -0.15) is 0 Å². The van der Waals surface area contributed by atoms with Crippen molar-refractivity contribution in [2.45, 2.75) is 52.9 Å². The average molecular weight is 298 g/mol. The van der Waals surface area contributed by atoms with E-state index in [-0.39, 0.29) is 12.5 Å².